The Labute approximate surface area is 143 Å². The van der Waals surface area contributed by atoms with Crippen LogP contribution < -0.4 is 10.1 Å². The third-order valence-electron chi connectivity index (χ3n) is 4.79. The Balaban J connectivity index is 1.83. The SMILES string of the molecule is CCOc1ccccc1-n1nc(C2CCCO2)c2c1NCCCC2. The van der Waals surface area contributed by atoms with Crippen LogP contribution in [0.3, 0.4) is 0 Å². The summed E-state index contributed by atoms with van der Waals surface area (Å²) < 4.78 is 13.8. The number of fused-ring (bicyclic) bond motifs is 1. The Morgan fingerprint density at radius 3 is 3.04 bits per heavy atom. The van der Waals surface area contributed by atoms with Crippen LogP contribution in [-0.2, 0) is 11.2 Å². The predicted octanol–water partition coefficient (Wildman–Crippen LogP) is 3.87. The van der Waals surface area contributed by atoms with Crippen molar-refractivity contribution in [3.05, 3.63) is 35.5 Å². The highest BCUT2D eigenvalue weighted by Gasteiger charge is 2.29. The van der Waals surface area contributed by atoms with Gasteiger partial charge in [0.15, 0.2) is 0 Å². The smallest absolute Gasteiger partial charge is 0.145 e. The van der Waals surface area contributed by atoms with Gasteiger partial charge < -0.3 is 14.8 Å². The summed E-state index contributed by atoms with van der Waals surface area (Å²) in [6.45, 7) is 4.48. The van der Waals surface area contributed by atoms with Crippen LogP contribution >= 0.6 is 0 Å². The van der Waals surface area contributed by atoms with E-state index in [0.717, 1.165) is 55.4 Å². The van der Waals surface area contributed by atoms with Gasteiger partial charge in [0.05, 0.1) is 12.3 Å². The molecule has 5 heteroatoms. The Hall–Kier alpha value is -2.01. The lowest BCUT2D eigenvalue weighted by Gasteiger charge is -2.13. The Morgan fingerprint density at radius 2 is 2.21 bits per heavy atom. The van der Waals surface area contributed by atoms with Crippen molar-refractivity contribution in [2.24, 2.45) is 0 Å². The molecule has 24 heavy (non-hydrogen) atoms. The summed E-state index contributed by atoms with van der Waals surface area (Å²) in [7, 11) is 0. The number of nitrogens with zero attached hydrogens (tertiary/aromatic N) is 2. The highest BCUT2D eigenvalue weighted by atomic mass is 16.5. The van der Waals surface area contributed by atoms with E-state index in [0.29, 0.717) is 6.61 Å². The van der Waals surface area contributed by atoms with Crippen LogP contribution in [0.2, 0.25) is 0 Å². The highest BCUT2D eigenvalue weighted by molar-refractivity contribution is 5.58. The van der Waals surface area contributed by atoms with Gasteiger partial charge in [-0.3, -0.25) is 0 Å². The van der Waals surface area contributed by atoms with Crippen molar-refractivity contribution in [1.29, 1.82) is 0 Å². The molecule has 2 aromatic rings. The van der Waals surface area contributed by atoms with Crippen molar-refractivity contribution in [3.63, 3.8) is 0 Å². The molecule has 5 nitrogen and oxygen atoms in total. The summed E-state index contributed by atoms with van der Waals surface area (Å²) in [6, 6.07) is 8.12. The number of para-hydroxylation sites is 2. The van der Waals surface area contributed by atoms with Gasteiger partial charge in [0.2, 0.25) is 0 Å². The number of hydrogen-bond acceptors (Lipinski definition) is 4. The standard InChI is InChI=1S/C19H25N3O2/c1-2-23-16-10-4-3-9-15(16)22-19-14(8-5-6-12-20-19)18(21-22)17-11-7-13-24-17/h3-4,9-10,17,20H,2,5-8,11-13H2,1H3. The summed E-state index contributed by atoms with van der Waals surface area (Å²) in [5.41, 5.74) is 3.43. The molecule has 1 N–H and O–H groups in total. The lowest BCUT2D eigenvalue weighted by molar-refractivity contribution is 0.107. The third-order valence-corrected chi connectivity index (χ3v) is 4.79. The Bertz CT molecular complexity index is 705. The molecule has 0 saturated carbocycles. The van der Waals surface area contributed by atoms with E-state index in [9.17, 15) is 0 Å². The van der Waals surface area contributed by atoms with Crippen LogP contribution in [0.4, 0.5) is 5.82 Å². The molecule has 0 bridgehead atoms. The van der Waals surface area contributed by atoms with Crippen molar-refractivity contribution in [1.82, 2.24) is 9.78 Å². The lowest BCUT2D eigenvalue weighted by atomic mass is 10.0. The van der Waals surface area contributed by atoms with E-state index in [1.165, 1.54) is 18.4 Å². The predicted molar refractivity (Wildman–Crippen MR) is 94.1 cm³/mol. The minimum atomic E-state index is 0.138. The number of anilines is 1. The van der Waals surface area contributed by atoms with Gasteiger partial charge in [0.25, 0.3) is 0 Å². The molecule has 4 rings (SSSR count). The minimum absolute atomic E-state index is 0.138. The van der Waals surface area contributed by atoms with Gasteiger partial charge in [-0.25, -0.2) is 4.68 Å². The minimum Gasteiger partial charge on any atom is -0.492 e. The molecule has 0 radical (unpaired) electrons. The van der Waals surface area contributed by atoms with E-state index in [-0.39, 0.29) is 6.10 Å². The van der Waals surface area contributed by atoms with Gasteiger partial charge in [0, 0.05) is 18.7 Å². The molecular weight excluding hydrogens is 302 g/mol. The number of aromatic nitrogens is 2. The molecule has 1 unspecified atom stereocenters. The molecule has 2 aliphatic rings. The molecule has 1 atom stereocenters. The van der Waals surface area contributed by atoms with Crippen LogP contribution in [0.1, 0.15) is 50.0 Å². The second-order valence-electron chi connectivity index (χ2n) is 6.41. The van der Waals surface area contributed by atoms with Crippen molar-refractivity contribution in [2.45, 2.75) is 45.1 Å². The number of ether oxygens (including phenoxy) is 2. The van der Waals surface area contributed by atoms with Crippen LogP contribution in [0.15, 0.2) is 24.3 Å². The zero-order valence-electron chi connectivity index (χ0n) is 14.3. The summed E-state index contributed by atoms with van der Waals surface area (Å²) in [6.07, 6.45) is 5.77. The van der Waals surface area contributed by atoms with Gasteiger partial charge in [-0.15, -0.1) is 0 Å². The van der Waals surface area contributed by atoms with Crippen molar-refractivity contribution in [2.75, 3.05) is 25.1 Å². The lowest BCUT2D eigenvalue weighted by Crippen LogP contribution is -2.09. The molecule has 0 spiro atoms. The van der Waals surface area contributed by atoms with Crippen LogP contribution in [0, 0.1) is 0 Å². The van der Waals surface area contributed by atoms with Crippen molar-refractivity contribution < 1.29 is 9.47 Å². The first-order valence-electron chi connectivity index (χ1n) is 9.08. The molecular formula is C19H25N3O2. The topological polar surface area (TPSA) is 48.3 Å². The first-order chi connectivity index (χ1) is 11.9. The van der Waals surface area contributed by atoms with Gasteiger partial charge in [0.1, 0.15) is 23.4 Å². The zero-order valence-corrected chi connectivity index (χ0v) is 14.3. The molecule has 128 valence electrons. The van der Waals surface area contributed by atoms with E-state index in [2.05, 4.69) is 11.4 Å². The molecule has 0 aliphatic carbocycles. The van der Waals surface area contributed by atoms with E-state index in [4.69, 9.17) is 14.6 Å². The summed E-state index contributed by atoms with van der Waals surface area (Å²) in [5.74, 6) is 1.99. The van der Waals surface area contributed by atoms with Crippen molar-refractivity contribution in [3.8, 4) is 11.4 Å². The maximum atomic E-state index is 5.94. The average molecular weight is 327 g/mol. The Kier molecular flexibility index (Phi) is 4.43. The van der Waals surface area contributed by atoms with E-state index in [1.807, 2.05) is 29.8 Å². The quantitative estimate of drug-likeness (QED) is 0.926. The van der Waals surface area contributed by atoms with Crippen LogP contribution in [-0.4, -0.2) is 29.5 Å². The highest BCUT2D eigenvalue weighted by Crippen LogP contribution is 2.37. The number of rotatable bonds is 4. The van der Waals surface area contributed by atoms with Gasteiger partial charge in [-0.2, -0.15) is 5.10 Å². The van der Waals surface area contributed by atoms with Gasteiger partial charge in [-0.05, 0) is 51.2 Å². The van der Waals surface area contributed by atoms with E-state index >= 15 is 0 Å². The average Bonchev–Trinajstić information content (AvgIpc) is 3.18. The van der Waals surface area contributed by atoms with Crippen LogP contribution in [0.25, 0.3) is 5.69 Å². The maximum Gasteiger partial charge on any atom is 0.145 e. The molecule has 1 saturated heterocycles. The first kappa shape index (κ1) is 15.5. The number of benzene rings is 1. The van der Waals surface area contributed by atoms with Crippen molar-refractivity contribution >= 4 is 5.82 Å². The van der Waals surface area contributed by atoms with E-state index < -0.39 is 0 Å². The first-order valence-corrected chi connectivity index (χ1v) is 9.08. The molecule has 1 aromatic heterocycles. The van der Waals surface area contributed by atoms with Gasteiger partial charge >= 0.3 is 0 Å². The zero-order chi connectivity index (χ0) is 16.4. The fourth-order valence-corrected chi connectivity index (χ4v) is 3.66. The van der Waals surface area contributed by atoms with E-state index in [1.54, 1.807) is 0 Å². The second kappa shape index (κ2) is 6.85. The summed E-state index contributed by atoms with van der Waals surface area (Å²) >= 11 is 0. The molecule has 3 heterocycles. The van der Waals surface area contributed by atoms with Crippen LogP contribution in [0.5, 0.6) is 5.75 Å². The number of nitrogens with one attached hydrogen (secondary N) is 1. The second-order valence-corrected chi connectivity index (χ2v) is 6.41. The fourth-order valence-electron chi connectivity index (χ4n) is 3.66. The molecule has 1 fully saturated rings. The monoisotopic (exact) mass is 327 g/mol. The molecule has 1 aromatic carbocycles. The summed E-state index contributed by atoms with van der Waals surface area (Å²) in [4.78, 5) is 0. The fraction of sp³-hybridized carbons (Fsp3) is 0.526. The molecule has 2 aliphatic heterocycles. The summed E-state index contributed by atoms with van der Waals surface area (Å²) in [5, 5.41) is 8.57. The normalized spacial score (nSPS) is 20.3. The largest absolute Gasteiger partial charge is 0.492 e. The third kappa shape index (κ3) is 2.77. The van der Waals surface area contributed by atoms with Gasteiger partial charge in [-0.1, -0.05) is 12.1 Å². The number of hydrogen-bond donors (Lipinski definition) is 1. The Morgan fingerprint density at radius 1 is 1.29 bits per heavy atom. The maximum absolute atomic E-state index is 5.94. The molecule has 0 amide bonds.